The van der Waals surface area contributed by atoms with Gasteiger partial charge in [0.25, 0.3) is 5.82 Å². The number of pyridine rings is 1. The third-order valence-electron chi connectivity index (χ3n) is 3.36. The van der Waals surface area contributed by atoms with E-state index in [9.17, 15) is 35.1 Å². The second-order valence-corrected chi connectivity index (χ2v) is 5.26. The van der Waals surface area contributed by atoms with Crippen LogP contribution < -0.4 is 4.74 Å². The second-order valence-electron chi connectivity index (χ2n) is 5.26. The fourth-order valence-electron chi connectivity index (χ4n) is 2.16. The van der Waals surface area contributed by atoms with Crippen molar-refractivity contribution in [2.75, 3.05) is 0 Å². The molecule has 0 radical (unpaired) electrons. The Morgan fingerprint density at radius 2 is 1.48 bits per heavy atom. The van der Waals surface area contributed by atoms with Crippen molar-refractivity contribution in [3.63, 3.8) is 0 Å². The number of hydrogen-bond acceptors (Lipinski definition) is 3. The predicted molar refractivity (Wildman–Crippen MR) is 75.1 cm³/mol. The Morgan fingerprint density at radius 3 is 2.04 bits per heavy atom. The molecule has 0 bridgehead atoms. The molecule has 2 aromatic heterocycles. The summed E-state index contributed by atoms with van der Waals surface area (Å²) in [5, 5.41) is 3.29. The number of benzene rings is 1. The number of nitrogens with zero attached hydrogens (tertiary/aromatic N) is 3. The fourth-order valence-corrected chi connectivity index (χ4v) is 2.16. The summed E-state index contributed by atoms with van der Waals surface area (Å²) in [5.41, 5.74) is 0.207. The first-order chi connectivity index (χ1) is 12.4. The van der Waals surface area contributed by atoms with Gasteiger partial charge in [-0.1, -0.05) is 12.1 Å². The average molecular weight is 397 g/mol. The maximum Gasteiger partial charge on any atom is 0.499 e. The molecule has 0 aliphatic heterocycles. The van der Waals surface area contributed by atoms with Gasteiger partial charge in [-0.2, -0.15) is 35.1 Å². The lowest BCUT2D eigenvalue weighted by Crippen LogP contribution is -2.41. The summed E-state index contributed by atoms with van der Waals surface area (Å²) in [7, 11) is 0. The van der Waals surface area contributed by atoms with E-state index in [1.165, 1.54) is 18.3 Å². The van der Waals surface area contributed by atoms with Gasteiger partial charge in [0.2, 0.25) is 0 Å². The molecule has 0 amide bonds. The van der Waals surface area contributed by atoms with E-state index >= 15 is 0 Å². The highest BCUT2D eigenvalue weighted by Crippen LogP contribution is 2.38. The standard InChI is InChI=1S/C15H7F8N3O/c16-13(17,18)12-24-11-10(2-1-7-26(11)25-12)8-3-5-9(6-4-8)27-15(22,23)14(19,20)21/h1-7H. The smallest absolute Gasteiger partial charge is 0.426 e. The van der Waals surface area contributed by atoms with Crippen LogP contribution in [-0.2, 0) is 6.18 Å². The van der Waals surface area contributed by atoms with E-state index in [0.29, 0.717) is 0 Å². The van der Waals surface area contributed by atoms with Crippen LogP contribution in [0.5, 0.6) is 5.75 Å². The Morgan fingerprint density at radius 1 is 0.852 bits per heavy atom. The number of halogens is 8. The quantitative estimate of drug-likeness (QED) is 0.588. The zero-order valence-electron chi connectivity index (χ0n) is 12.8. The van der Waals surface area contributed by atoms with E-state index in [0.717, 1.165) is 28.8 Å². The lowest BCUT2D eigenvalue weighted by molar-refractivity contribution is -0.360. The first-order valence-corrected chi connectivity index (χ1v) is 7.05. The van der Waals surface area contributed by atoms with Gasteiger partial charge in [0, 0.05) is 11.8 Å². The molecule has 0 spiro atoms. The SMILES string of the molecule is FC(F)(F)c1nc2c(-c3ccc(OC(F)(F)C(F)(F)F)cc3)cccn2n1. The Labute approximate surface area is 145 Å². The Kier molecular flexibility index (Phi) is 4.23. The minimum Gasteiger partial charge on any atom is -0.426 e. The van der Waals surface area contributed by atoms with E-state index in [2.05, 4.69) is 14.8 Å². The predicted octanol–water partition coefficient (Wildman–Crippen LogP) is 4.95. The summed E-state index contributed by atoms with van der Waals surface area (Å²) in [6.07, 6.45) is -14.8. The van der Waals surface area contributed by atoms with Gasteiger partial charge in [-0.25, -0.2) is 9.50 Å². The van der Waals surface area contributed by atoms with Gasteiger partial charge < -0.3 is 4.74 Å². The van der Waals surface area contributed by atoms with Crippen LogP contribution in [-0.4, -0.2) is 26.9 Å². The molecule has 0 aliphatic carbocycles. The molecule has 0 atom stereocenters. The molecule has 27 heavy (non-hydrogen) atoms. The maximum absolute atomic E-state index is 12.9. The molecule has 3 aromatic rings. The third kappa shape index (κ3) is 3.64. The molecule has 12 heteroatoms. The largest absolute Gasteiger partial charge is 0.499 e. The van der Waals surface area contributed by atoms with Crippen LogP contribution in [0.3, 0.4) is 0 Å². The van der Waals surface area contributed by atoms with Crippen LogP contribution in [0, 0.1) is 0 Å². The van der Waals surface area contributed by atoms with Gasteiger partial charge in [-0.15, -0.1) is 5.10 Å². The molecule has 0 saturated carbocycles. The van der Waals surface area contributed by atoms with Gasteiger partial charge >= 0.3 is 18.5 Å². The van der Waals surface area contributed by atoms with Gasteiger partial charge in [-0.05, 0) is 29.8 Å². The topological polar surface area (TPSA) is 39.4 Å². The summed E-state index contributed by atoms with van der Waals surface area (Å²) in [6.45, 7) is 0. The highest BCUT2D eigenvalue weighted by molar-refractivity contribution is 5.77. The third-order valence-corrected chi connectivity index (χ3v) is 3.36. The summed E-state index contributed by atoms with van der Waals surface area (Å²) >= 11 is 0. The summed E-state index contributed by atoms with van der Waals surface area (Å²) < 4.78 is 105. The van der Waals surface area contributed by atoms with Crippen LogP contribution >= 0.6 is 0 Å². The van der Waals surface area contributed by atoms with Crippen molar-refractivity contribution in [3.8, 4) is 16.9 Å². The van der Waals surface area contributed by atoms with Crippen LogP contribution in [0.15, 0.2) is 42.6 Å². The van der Waals surface area contributed by atoms with Crippen LogP contribution in [0.4, 0.5) is 35.1 Å². The molecule has 3 rings (SSSR count). The van der Waals surface area contributed by atoms with E-state index in [1.807, 2.05) is 0 Å². The number of aromatic nitrogens is 3. The van der Waals surface area contributed by atoms with Crippen molar-refractivity contribution in [2.45, 2.75) is 18.5 Å². The summed E-state index contributed by atoms with van der Waals surface area (Å²) in [4.78, 5) is 3.40. The number of rotatable bonds is 3. The highest BCUT2D eigenvalue weighted by atomic mass is 19.4. The number of fused-ring (bicyclic) bond motifs is 1. The highest BCUT2D eigenvalue weighted by Gasteiger charge is 2.61. The minimum absolute atomic E-state index is 0.162. The van der Waals surface area contributed by atoms with Crippen LogP contribution in [0.2, 0.25) is 0 Å². The number of alkyl halides is 8. The molecular weight excluding hydrogens is 390 g/mol. The lowest BCUT2D eigenvalue weighted by Gasteiger charge is -2.20. The summed E-state index contributed by atoms with van der Waals surface area (Å²) in [6, 6.07) is 6.65. The van der Waals surface area contributed by atoms with Crippen molar-refractivity contribution in [1.29, 1.82) is 0 Å². The minimum atomic E-state index is -5.90. The first-order valence-electron chi connectivity index (χ1n) is 7.05. The van der Waals surface area contributed by atoms with Gasteiger partial charge in [0.15, 0.2) is 5.65 Å². The van der Waals surface area contributed by atoms with Gasteiger partial charge in [0.1, 0.15) is 5.75 Å². The van der Waals surface area contributed by atoms with Gasteiger partial charge in [0.05, 0.1) is 0 Å². The van der Waals surface area contributed by atoms with Crippen molar-refractivity contribution < 1.29 is 39.9 Å². The van der Waals surface area contributed by atoms with E-state index in [4.69, 9.17) is 0 Å². The fraction of sp³-hybridized carbons (Fsp3) is 0.200. The molecule has 4 nitrogen and oxygen atoms in total. The number of hydrogen-bond donors (Lipinski definition) is 0. The molecule has 0 aliphatic rings. The van der Waals surface area contributed by atoms with Crippen molar-refractivity contribution in [2.24, 2.45) is 0 Å². The maximum atomic E-state index is 12.9. The van der Waals surface area contributed by atoms with E-state index < -0.39 is 30.0 Å². The number of ether oxygens (including phenoxy) is 1. The lowest BCUT2D eigenvalue weighted by atomic mass is 10.1. The van der Waals surface area contributed by atoms with Crippen LogP contribution in [0.1, 0.15) is 5.82 Å². The molecule has 0 N–H and O–H groups in total. The molecule has 1 aromatic carbocycles. The molecule has 0 saturated heterocycles. The summed E-state index contributed by atoms with van der Waals surface area (Å²) in [5.74, 6) is -2.15. The van der Waals surface area contributed by atoms with Crippen LogP contribution in [0.25, 0.3) is 16.8 Å². The van der Waals surface area contributed by atoms with E-state index in [1.54, 1.807) is 0 Å². The van der Waals surface area contributed by atoms with Crippen molar-refractivity contribution >= 4 is 5.65 Å². The average Bonchev–Trinajstić information content (AvgIpc) is 2.98. The molecular formula is C15H7F8N3O. The molecule has 0 fully saturated rings. The molecule has 2 heterocycles. The zero-order chi connectivity index (χ0) is 20.0. The second kappa shape index (κ2) is 6.06. The van der Waals surface area contributed by atoms with Crippen molar-refractivity contribution in [1.82, 2.24) is 14.6 Å². The van der Waals surface area contributed by atoms with Gasteiger partial charge in [-0.3, -0.25) is 0 Å². The van der Waals surface area contributed by atoms with E-state index in [-0.39, 0.29) is 16.8 Å². The van der Waals surface area contributed by atoms with Crippen molar-refractivity contribution in [3.05, 3.63) is 48.4 Å². The zero-order valence-corrected chi connectivity index (χ0v) is 12.8. The first kappa shape index (κ1) is 18.9. The molecule has 144 valence electrons. The normalized spacial score (nSPS) is 13.2. The Hall–Kier alpha value is -2.92. The Balaban J connectivity index is 1.95. The Bertz CT molecular complexity index is 960. The monoisotopic (exact) mass is 397 g/mol. The molecule has 0 unspecified atom stereocenters.